The first kappa shape index (κ1) is 15.8. The Hall–Kier alpha value is -2.08. The predicted molar refractivity (Wildman–Crippen MR) is 87.7 cm³/mol. The monoisotopic (exact) mass is 332 g/mol. The van der Waals surface area contributed by atoms with Gasteiger partial charge in [-0.2, -0.15) is 0 Å². The molecule has 3 heterocycles. The van der Waals surface area contributed by atoms with Crippen LogP contribution in [0.15, 0.2) is 40.3 Å². The van der Waals surface area contributed by atoms with Crippen molar-refractivity contribution in [2.75, 3.05) is 14.1 Å². The van der Waals surface area contributed by atoms with Crippen LogP contribution in [0.4, 0.5) is 0 Å². The second kappa shape index (κ2) is 6.58. The van der Waals surface area contributed by atoms with E-state index in [0.717, 1.165) is 10.6 Å². The predicted octanol–water partition coefficient (Wildman–Crippen LogP) is 2.91. The van der Waals surface area contributed by atoms with Gasteiger partial charge in [0, 0.05) is 25.4 Å². The maximum atomic E-state index is 12.9. The topological polar surface area (TPSA) is 53.8 Å². The van der Waals surface area contributed by atoms with Gasteiger partial charge < -0.3 is 14.2 Å². The zero-order valence-corrected chi connectivity index (χ0v) is 14.1. The highest BCUT2D eigenvalue weighted by atomic mass is 32.1. The number of hydrogen-bond acceptors (Lipinski definition) is 4. The van der Waals surface area contributed by atoms with E-state index in [2.05, 4.69) is 0 Å². The average molecular weight is 332 g/mol. The second-order valence-corrected chi connectivity index (χ2v) is 6.86. The molecule has 2 atom stereocenters. The van der Waals surface area contributed by atoms with Gasteiger partial charge >= 0.3 is 0 Å². The zero-order valence-electron chi connectivity index (χ0n) is 13.3. The smallest absolute Gasteiger partial charge is 0.228 e. The van der Waals surface area contributed by atoms with Crippen molar-refractivity contribution in [3.63, 3.8) is 0 Å². The van der Waals surface area contributed by atoms with Crippen molar-refractivity contribution >= 4 is 23.2 Å². The molecule has 2 amide bonds. The van der Waals surface area contributed by atoms with E-state index in [4.69, 9.17) is 4.42 Å². The molecule has 3 rings (SSSR count). The van der Waals surface area contributed by atoms with Gasteiger partial charge in [0.05, 0.1) is 24.8 Å². The molecule has 0 bridgehead atoms. The van der Waals surface area contributed by atoms with Gasteiger partial charge in [-0.3, -0.25) is 9.59 Å². The van der Waals surface area contributed by atoms with Crippen LogP contribution in [0.25, 0.3) is 0 Å². The summed E-state index contributed by atoms with van der Waals surface area (Å²) in [4.78, 5) is 29.5. The lowest BCUT2D eigenvalue weighted by molar-refractivity contribution is -0.146. The molecule has 1 fully saturated rings. The van der Waals surface area contributed by atoms with Crippen LogP contribution in [0, 0.1) is 5.92 Å². The van der Waals surface area contributed by atoms with E-state index >= 15 is 0 Å². The van der Waals surface area contributed by atoms with Crippen molar-refractivity contribution in [3.8, 4) is 0 Å². The molecule has 2 aromatic rings. The Kier molecular flexibility index (Phi) is 4.52. The van der Waals surface area contributed by atoms with E-state index in [0.29, 0.717) is 19.4 Å². The molecule has 5 nitrogen and oxygen atoms in total. The molecular formula is C17H20N2O3S. The normalized spacial score (nSPS) is 21.5. The Morgan fingerprint density at radius 1 is 1.43 bits per heavy atom. The van der Waals surface area contributed by atoms with Crippen LogP contribution in [-0.2, 0) is 16.1 Å². The maximum absolute atomic E-state index is 12.9. The minimum absolute atomic E-state index is 0.0548. The molecule has 0 spiro atoms. The fourth-order valence-corrected chi connectivity index (χ4v) is 4.08. The molecule has 0 aliphatic carbocycles. The van der Waals surface area contributed by atoms with Crippen molar-refractivity contribution in [3.05, 3.63) is 46.5 Å². The fraction of sp³-hybridized carbons (Fsp3) is 0.412. The lowest BCUT2D eigenvalue weighted by Gasteiger charge is -2.39. The average Bonchev–Trinajstić information content (AvgIpc) is 3.22. The second-order valence-electron chi connectivity index (χ2n) is 5.88. The van der Waals surface area contributed by atoms with E-state index in [9.17, 15) is 9.59 Å². The highest BCUT2D eigenvalue weighted by molar-refractivity contribution is 7.10. The number of rotatable bonds is 4. The van der Waals surface area contributed by atoms with Crippen LogP contribution in [0.1, 0.15) is 29.5 Å². The van der Waals surface area contributed by atoms with Crippen LogP contribution >= 0.6 is 11.3 Å². The molecule has 23 heavy (non-hydrogen) atoms. The summed E-state index contributed by atoms with van der Waals surface area (Å²) < 4.78 is 5.32. The summed E-state index contributed by atoms with van der Waals surface area (Å²) in [5, 5.41) is 1.98. The summed E-state index contributed by atoms with van der Waals surface area (Å²) in [6.45, 7) is 0.442. The number of likely N-dealkylation sites (tertiary alicyclic amines) is 1. The van der Waals surface area contributed by atoms with Crippen molar-refractivity contribution in [2.24, 2.45) is 5.92 Å². The van der Waals surface area contributed by atoms with Crippen molar-refractivity contribution in [2.45, 2.75) is 25.4 Å². The Morgan fingerprint density at radius 2 is 2.26 bits per heavy atom. The molecule has 0 radical (unpaired) electrons. The van der Waals surface area contributed by atoms with Crippen LogP contribution in [0.3, 0.4) is 0 Å². The van der Waals surface area contributed by atoms with Gasteiger partial charge in [-0.05, 0) is 30.0 Å². The Bertz CT molecular complexity index is 666. The number of furan rings is 1. The SMILES string of the molecule is CN(Cc1ccco1)C(=O)[C@H]1CCC(=O)N(C)[C@H]1c1cccs1. The molecular weight excluding hydrogens is 312 g/mol. The molecule has 1 aliphatic heterocycles. The number of thiophene rings is 1. The highest BCUT2D eigenvalue weighted by Gasteiger charge is 2.40. The highest BCUT2D eigenvalue weighted by Crippen LogP contribution is 2.38. The standard InChI is InChI=1S/C17H20N2O3S/c1-18(11-12-5-3-9-22-12)17(21)13-7-8-15(20)19(2)16(13)14-6-4-10-23-14/h3-6,9-10,13,16H,7-8,11H2,1-2H3/t13-,16+/m0/s1. The van der Waals surface area contributed by atoms with Gasteiger partial charge in [-0.25, -0.2) is 0 Å². The molecule has 6 heteroatoms. The summed E-state index contributed by atoms with van der Waals surface area (Å²) in [6.07, 6.45) is 2.62. The lowest BCUT2D eigenvalue weighted by atomic mass is 9.87. The molecule has 0 aromatic carbocycles. The number of piperidine rings is 1. The minimum atomic E-state index is -0.212. The summed E-state index contributed by atoms with van der Waals surface area (Å²) >= 11 is 1.59. The molecule has 0 saturated carbocycles. The number of carbonyl (C=O) groups is 2. The summed E-state index contributed by atoms with van der Waals surface area (Å²) in [5.41, 5.74) is 0. The number of nitrogens with zero attached hydrogens (tertiary/aromatic N) is 2. The van der Waals surface area contributed by atoms with Crippen LogP contribution < -0.4 is 0 Å². The fourth-order valence-electron chi connectivity index (χ4n) is 3.14. The van der Waals surface area contributed by atoms with Crippen molar-refractivity contribution < 1.29 is 14.0 Å². The van der Waals surface area contributed by atoms with E-state index in [1.54, 1.807) is 41.5 Å². The van der Waals surface area contributed by atoms with Gasteiger partial charge in [-0.1, -0.05) is 6.07 Å². The van der Waals surface area contributed by atoms with Crippen LogP contribution in [0.2, 0.25) is 0 Å². The summed E-state index contributed by atoms with van der Waals surface area (Å²) in [5.74, 6) is 0.699. The molecule has 122 valence electrons. The van der Waals surface area contributed by atoms with E-state index < -0.39 is 0 Å². The van der Waals surface area contributed by atoms with Gasteiger partial charge in [0.15, 0.2) is 0 Å². The van der Waals surface area contributed by atoms with Crippen molar-refractivity contribution in [1.29, 1.82) is 0 Å². The molecule has 0 N–H and O–H groups in total. The Morgan fingerprint density at radius 3 is 2.91 bits per heavy atom. The number of carbonyl (C=O) groups excluding carboxylic acids is 2. The molecule has 2 aromatic heterocycles. The first-order valence-electron chi connectivity index (χ1n) is 7.64. The maximum Gasteiger partial charge on any atom is 0.228 e. The summed E-state index contributed by atoms with van der Waals surface area (Å²) in [7, 11) is 3.57. The molecule has 1 aliphatic rings. The van der Waals surface area contributed by atoms with Gasteiger partial charge in [0.2, 0.25) is 11.8 Å². The third kappa shape index (κ3) is 3.17. The van der Waals surface area contributed by atoms with Crippen LogP contribution in [0.5, 0.6) is 0 Å². The third-order valence-corrected chi connectivity index (χ3v) is 5.31. The first-order valence-corrected chi connectivity index (χ1v) is 8.52. The van der Waals surface area contributed by atoms with Gasteiger partial charge in [-0.15, -0.1) is 11.3 Å². The molecule has 1 saturated heterocycles. The Balaban J connectivity index is 1.80. The van der Waals surface area contributed by atoms with Gasteiger partial charge in [0.1, 0.15) is 5.76 Å². The van der Waals surface area contributed by atoms with Crippen LogP contribution in [-0.4, -0.2) is 35.7 Å². The van der Waals surface area contributed by atoms with Crippen molar-refractivity contribution in [1.82, 2.24) is 9.80 Å². The number of amides is 2. The lowest BCUT2D eigenvalue weighted by Crippen LogP contribution is -2.46. The van der Waals surface area contributed by atoms with E-state index in [-0.39, 0.29) is 23.8 Å². The third-order valence-electron chi connectivity index (χ3n) is 4.36. The Labute approximate surface area is 139 Å². The summed E-state index contributed by atoms with van der Waals surface area (Å²) in [6, 6.07) is 7.45. The molecule has 0 unspecified atom stereocenters. The largest absolute Gasteiger partial charge is 0.467 e. The van der Waals surface area contributed by atoms with E-state index in [1.165, 1.54) is 0 Å². The quantitative estimate of drug-likeness (QED) is 0.865. The number of hydrogen-bond donors (Lipinski definition) is 0. The van der Waals surface area contributed by atoms with E-state index in [1.807, 2.05) is 29.6 Å². The first-order chi connectivity index (χ1) is 11.1. The zero-order chi connectivity index (χ0) is 16.4. The van der Waals surface area contributed by atoms with Gasteiger partial charge in [0.25, 0.3) is 0 Å². The minimum Gasteiger partial charge on any atom is -0.467 e.